The van der Waals surface area contributed by atoms with Gasteiger partial charge in [0.15, 0.2) is 0 Å². The number of likely N-dealkylation sites (tertiary alicyclic amines) is 1. The Kier molecular flexibility index (Phi) is 3.28. The van der Waals surface area contributed by atoms with E-state index in [-0.39, 0.29) is 17.9 Å². The van der Waals surface area contributed by atoms with Gasteiger partial charge in [-0.15, -0.1) is 0 Å². The first kappa shape index (κ1) is 11.9. The van der Waals surface area contributed by atoms with Crippen LogP contribution in [0.4, 0.5) is 4.39 Å². The van der Waals surface area contributed by atoms with E-state index in [2.05, 4.69) is 0 Å². The van der Waals surface area contributed by atoms with E-state index in [9.17, 15) is 19.4 Å². The number of aliphatic hydroxyl groups is 1. The van der Waals surface area contributed by atoms with E-state index in [0.717, 1.165) is 18.2 Å². The summed E-state index contributed by atoms with van der Waals surface area (Å²) in [7, 11) is 0. The average molecular weight is 239 g/mol. The van der Waals surface area contributed by atoms with Gasteiger partial charge >= 0.3 is 0 Å². The summed E-state index contributed by atoms with van der Waals surface area (Å²) in [6, 6.07) is 3.26. The summed E-state index contributed by atoms with van der Waals surface area (Å²) < 4.78 is 13.0. The van der Waals surface area contributed by atoms with Crippen LogP contribution in [-0.4, -0.2) is 40.2 Å². The fourth-order valence-electron chi connectivity index (χ4n) is 1.99. The van der Waals surface area contributed by atoms with Gasteiger partial charge in [0.25, 0.3) is 5.91 Å². The zero-order valence-corrected chi connectivity index (χ0v) is 9.27. The number of rotatable bonds is 1. The Bertz CT molecular complexity index is 436. The highest BCUT2D eigenvalue weighted by atomic mass is 19.1. The maximum Gasteiger partial charge on any atom is 0.257 e. The monoisotopic (exact) mass is 239 g/mol. The molecule has 1 fully saturated rings. The van der Waals surface area contributed by atoms with Crippen LogP contribution in [0.5, 0.6) is 5.75 Å². The van der Waals surface area contributed by atoms with E-state index >= 15 is 0 Å². The number of hydrogen-bond donors (Lipinski definition) is 2. The smallest absolute Gasteiger partial charge is 0.257 e. The molecule has 1 atom stereocenters. The van der Waals surface area contributed by atoms with Crippen LogP contribution in [0.2, 0.25) is 0 Å². The third-order valence-corrected chi connectivity index (χ3v) is 2.87. The molecule has 0 saturated carbocycles. The molecule has 1 aliphatic rings. The van der Waals surface area contributed by atoms with Crippen LogP contribution in [-0.2, 0) is 0 Å². The predicted octanol–water partition coefficient (Wildman–Crippen LogP) is 1.13. The lowest BCUT2D eigenvalue weighted by molar-refractivity contribution is 0.0471. The van der Waals surface area contributed by atoms with Crippen molar-refractivity contribution in [2.75, 3.05) is 13.1 Å². The molecular weight excluding hydrogens is 225 g/mol. The molecule has 1 aliphatic heterocycles. The lowest BCUT2D eigenvalue weighted by atomic mass is 10.1. The number of nitrogens with zero attached hydrogens (tertiary/aromatic N) is 1. The normalized spacial score (nSPS) is 20.4. The second-order valence-corrected chi connectivity index (χ2v) is 4.21. The Morgan fingerprint density at radius 3 is 2.94 bits per heavy atom. The molecule has 5 heteroatoms. The van der Waals surface area contributed by atoms with Crippen molar-refractivity contribution in [1.29, 1.82) is 0 Å². The van der Waals surface area contributed by atoms with Crippen LogP contribution in [0.15, 0.2) is 18.2 Å². The number of β-amino-alcohol motifs (C(OH)–C–C–N with tert-alkyl or cyclic N) is 1. The number of halogens is 1. The first-order chi connectivity index (χ1) is 8.08. The summed E-state index contributed by atoms with van der Waals surface area (Å²) in [6.45, 7) is 0.751. The van der Waals surface area contributed by atoms with Gasteiger partial charge in [-0.1, -0.05) is 0 Å². The molecule has 1 aromatic carbocycles. The molecule has 1 unspecified atom stereocenters. The van der Waals surface area contributed by atoms with Gasteiger partial charge in [0.2, 0.25) is 0 Å². The maximum absolute atomic E-state index is 13.0. The van der Waals surface area contributed by atoms with Crippen LogP contribution >= 0.6 is 0 Å². The zero-order valence-electron chi connectivity index (χ0n) is 9.27. The predicted molar refractivity (Wildman–Crippen MR) is 59.2 cm³/mol. The molecule has 1 aromatic rings. The molecule has 0 radical (unpaired) electrons. The van der Waals surface area contributed by atoms with E-state index in [0.29, 0.717) is 19.4 Å². The van der Waals surface area contributed by atoms with E-state index < -0.39 is 17.8 Å². The Balaban J connectivity index is 2.21. The zero-order chi connectivity index (χ0) is 12.4. The molecule has 0 aliphatic carbocycles. The van der Waals surface area contributed by atoms with Gasteiger partial charge in [-0.3, -0.25) is 4.79 Å². The number of phenolic OH excluding ortho intramolecular Hbond substituents is 1. The number of phenols is 1. The molecule has 1 saturated heterocycles. The molecule has 1 amide bonds. The van der Waals surface area contributed by atoms with Crippen molar-refractivity contribution in [3.63, 3.8) is 0 Å². The largest absolute Gasteiger partial charge is 0.507 e. The number of piperidine rings is 1. The highest BCUT2D eigenvalue weighted by molar-refractivity contribution is 5.96. The highest BCUT2D eigenvalue weighted by Gasteiger charge is 2.24. The number of hydrogen-bond acceptors (Lipinski definition) is 3. The van der Waals surface area contributed by atoms with Crippen molar-refractivity contribution in [1.82, 2.24) is 4.90 Å². The molecule has 17 heavy (non-hydrogen) atoms. The van der Waals surface area contributed by atoms with Crippen LogP contribution in [0.1, 0.15) is 23.2 Å². The Hall–Kier alpha value is -1.62. The number of carbonyl (C=O) groups excluding carboxylic acids is 1. The summed E-state index contributed by atoms with van der Waals surface area (Å²) in [4.78, 5) is 13.4. The van der Waals surface area contributed by atoms with Gasteiger partial charge in [0.1, 0.15) is 11.6 Å². The third-order valence-electron chi connectivity index (χ3n) is 2.87. The molecule has 92 valence electrons. The first-order valence-corrected chi connectivity index (χ1v) is 5.54. The molecular formula is C12H14FNO3. The summed E-state index contributed by atoms with van der Waals surface area (Å²) in [5.41, 5.74) is -0.0564. The molecule has 2 rings (SSSR count). The van der Waals surface area contributed by atoms with Crippen molar-refractivity contribution in [2.45, 2.75) is 18.9 Å². The SMILES string of the molecule is O=C(c1cc(F)ccc1O)N1CCCC(O)C1. The second kappa shape index (κ2) is 4.71. The van der Waals surface area contributed by atoms with Gasteiger partial charge in [-0.05, 0) is 31.0 Å². The van der Waals surface area contributed by atoms with Crippen molar-refractivity contribution < 1.29 is 19.4 Å². The fraction of sp³-hybridized carbons (Fsp3) is 0.417. The first-order valence-electron chi connectivity index (χ1n) is 5.54. The second-order valence-electron chi connectivity index (χ2n) is 4.21. The van der Waals surface area contributed by atoms with Crippen LogP contribution in [0, 0.1) is 5.82 Å². The van der Waals surface area contributed by atoms with Crippen LogP contribution in [0.25, 0.3) is 0 Å². The van der Waals surface area contributed by atoms with Crippen molar-refractivity contribution in [2.24, 2.45) is 0 Å². The maximum atomic E-state index is 13.0. The van der Waals surface area contributed by atoms with Gasteiger partial charge in [0, 0.05) is 13.1 Å². The number of amides is 1. The van der Waals surface area contributed by atoms with Crippen LogP contribution < -0.4 is 0 Å². The van der Waals surface area contributed by atoms with E-state index in [1.807, 2.05) is 0 Å². The van der Waals surface area contributed by atoms with E-state index in [1.165, 1.54) is 4.90 Å². The van der Waals surface area contributed by atoms with Crippen molar-refractivity contribution in [3.05, 3.63) is 29.6 Å². The minimum absolute atomic E-state index is 0.0564. The van der Waals surface area contributed by atoms with E-state index in [4.69, 9.17) is 0 Å². The molecule has 2 N–H and O–H groups in total. The molecule has 4 nitrogen and oxygen atoms in total. The lowest BCUT2D eigenvalue weighted by Gasteiger charge is -2.30. The fourth-order valence-corrected chi connectivity index (χ4v) is 1.99. The number of aliphatic hydroxyl groups excluding tert-OH is 1. The quantitative estimate of drug-likeness (QED) is 0.772. The number of benzene rings is 1. The number of carbonyl (C=O) groups is 1. The topological polar surface area (TPSA) is 60.8 Å². The summed E-state index contributed by atoms with van der Waals surface area (Å²) in [5.74, 6) is -1.25. The molecule has 0 spiro atoms. The van der Waals surface area contributed by atoms with E-state index in [1.54, 1.807) is 0 Å². The van der Waals surface area contributed by atoms with Crippen molar-refractivity contribution in [3.8, 4) is 5.75 Å². The summed E-state index contributed by atoms with van der Waals surface area (Å²) >= 11 is 0. The standard InChI is InChI=1S/C12H14FNO3/c13-8-3-4-11(16)10(6-8)12(17)14-5-1-2-9(15)7-14/h3-4,6,9,15-16H,1-2,5,7H2. The Morgan fingerprint density at radius 2 is 2.24 bits per heavy atom. The Labute approximate surface area is 98.3 Å². The third kappa shape index (κ3) is 2.55. The summed E-state index contributed by atoms with van der Waals surface area (Å²) in [5, 5.41) is 19.0. The summed E-state index contributed by atoms with van der Waals surface area (Å²) in [6.07, 6.45) is 0.838. The van der Waals surface area contributed by atoms with Gasteiger partial charge in [-0.25, -0.2) is 4.39 Å². The highest BCUT2D eigenvalue weighted by Crippen LogP contribution is 2.21. The minimum Gasteiger partial charge on any atom is -0.507 e. The lowest BCUT2D eigenvalue weighted by Crippen LogP contribution is -2.42. The molecule has 1 heterocycles. The molecule has 0 bridgehead atoms. The number of aromatic hydroxyl groups is 1. The van der Waals surface area contributed by atoms with Gasteiger partial charge < -0.3 is 15.1 Å². The van der Waals surface area contributed by atoms with Crippen molar-refractivity contribution >= 4 is 5.91 Å². The van der Waals surface area contributed by atoms with Gasteiger partial charge in [-0.2, -0.15) is 0 Å². The van der Waals surface area contributed by atoms with Gasteiger partial charge in [0.05, 0.1) is 11.7 Å². The Morgan fingerprint density at radius 1 is 1.47 bits per heavy atom. The average Bonchev–Trinajstić information content (AvgIpc) is 2.31. The van der Waals surface area contributed by atoms with Crippen LogP contribution in [0.3, 0.4) is 0 Å². The molecule has 0 aromatic heterocycles. The minimum atomic E-state index is -0.566.